The molecule has 0 aliphatic carbocycles. The third-order valence-electron chi connectivity index (χ3n) is 3.82. The number of nitrogens with one attached hydrogen (secondary N) is 2. The molecule has 1 atom stereocenters. The van der Waals surface area contributed by atoms with E-state index in [1.54, 1.807) is 15.9 Å². The van der Waals surface area contributed by atoms with Gasteiger partial charge in [0, 0.05) is 5.69 Å². The second-order valence-electron chi connectivity index (χ2n) is 5.42. The summed E-state index contributed by atoms with van der Waals surface area (Å²) in [7, 11) is 0. The summed E-state index contributed by atoms with van der Waals surface area (Å²) in [6.45, 7) is 3.91. The van der Waals surface area contributed by atoms with E-state index in [9.17, 15) is 4.79 Å². The van der Waals surface area contributed by atoms with Gasteiger partial charge in [-0.2, -0.15) is 5.10 Å². The molecule has 124 valence electrons. The van der Waals surface area contributed by atoms with Crippen molar-refractivity contribution in [2.24, 2.45) is 0 Å². The number of aromatic nitrogens is 3. The first-order valence-corrected chi connectivity index (χ1v) is 8.99. The topological polar surface area (TPSA) is 62.7 Å². The standard InChI is InChI=1S/C17H18N4OS2/c1-3-12-6-4-7-13(10-12)18-16(22)11(2)21-15(19-20-17(21)23)14-8-5-9-24-14/h4-11H,3H2,1-2H3,(H,18,22)(H,20,23). The Kier molecular flexibility index (Phi) is 4.92. The Morgan fingerprint density at radius 3 is 2.96 bits per heavy atom. The number of rotatable bonds is 5. The number of thiophene rings is 1. The summed E-state index contributed by atoms with van der Waals surface area (Å²) >= 11 is 6.88. The number of aromatic amines is 1. The van der Waals surface area contributed by atoms with E-state index in [1.807, 2.05) is 48.7 Å². The number of amides is 1. The number of carbonyl (C=O) groups is 1. The zero-order valence-corrected chi connectivity index (χ0v) is 15.1. The molecule has 1 unspecified atom stereocenters. The van der Waals surface area contributed by atoms with Gasteiger partial charge in [-0.1, -0.05) is 25.1 Å². The lowest BCUT2D eigenvalue weighted by molar-refractivity contribution is -0.118. The van der Waals surface area contributed by atoms with E-state index in [4.69, 9.17) is 12.2 Å². The average Bonchev–Trinajstić information content (AvgIpc) is 3.23. The highest BCUT2D eigenvalue weighted by Gasteiger charge is 2.21. The van der Waals surface area contributed by atoms with Crippen molar-refractivity contribution in [3.8, 4) is 10.7 Å². The van der Waals surface area contributed by atoms with Crippen LogP contribution in [0, 0.1) is 4.77 Å². The molecule has 0 saturated carbocycles. The zero-order valence-electron chi connectivity index (χ0n) is 13.4. The van der Waals surface area contributed by atoms with Gasteiger partial charge in [0.25, 0.3) is 0 Å². The van der Waals surface area contributed by atoms with Gasteiger partial charge < -0.3 is 5.32 Å². The monoisotopic (exact) mass is 358 g/mol. The lowest BCUT2D eigenvalue weighted by atomic mass is 10.1. The maximum atomic E-state index is 12.7. The Morgan fingerprint density at radius 1 is 1.42 bits per heavy atom. The largest absolute Gasteiger partial charge is 0.324 e. The average molecular weight is 358 g/mol. The maximum Gasteiger partial charge on any atom is 0.247 e. The minimum absolute atomic E-state index is 0.126. The number of anilines is 1. The molecule has 0 radical (unpaired) electrons. The summed E-state index contributed by atoms with van der Waals surface area (Å²) in [5.74, 6) is 0.554. The van der Waals surface area contributed by atoms with E-state index < -0.39 is 6.04 Å². The predicted octanol–water partition coefficient (Wildman–Crippen LogP) is 4.43. The molecule has 0 fully saturated rings. The van der Waals surface area contributed by atoms with Gasteiger partial charge >= 0.3 is 0 Å². The van der Waals surface area contributed by atoms with Gasteiger partial charge in [-0.05, 0) is 54.7 Å². The molecule has 0 saturated heterocycles. The fourth-order valence-electron chi connectivity index (χ4n) is 2.48. The predicted molar refractivity (Wildman–Crippen MR) is 99.9 cm³/mol. The fourth-order valence-corrected chi connectivity index (χ4v) is 3.48. The van der Waals surface area contributed by atoms with Gasteiger partial charge in [0.15, 0.2) is 10.6 Å². The SMILES string of the molecule is CCc1cccc(NC(=O)C(C)n2c(-c3cccs3)n[nH]c2=S)c1. The zero-order chi connectivity index (χ0) is 17.1. The normalized spacial score (nSPS) is 12.1. The van der Waals surface area contributed by atoms with Gasteiger partial charge in [-0.15, -0.1) is 11.3 Å². The van der Waals surface area contributed by atoms with Crippen LogP contribution in [0.2, 0.25) is 0 Å². The van der Waals surface area contributed by atoms with E-state index in [0.29, 0.717) is 10.6 Å². The molecule has 5 nitrogen and oxygen atoms in total. The second-order valence-corrected chi connectivity index (χ2v) is 6.75. The molecule has 0 spiro atoms. The van der Waals surface area contributed by atoms with Crippen LogP contribution in [-0.2, 0) is 11.2 Å². The minimum atomic E-state index is -0.473. The highest BCUT2D eigenvalue weighted by molar-refractivity contribution is 7.71. The van der Waals surface area contributed by atoms with Crippen molar-refractivity contribution in [2.45, 2.75) is 26.3 Å². The highest BCUT2D eigenvalue weighted by atomic mass is 32.1. The van der Waals surface area contributed by atoms with Gasteiger partial charge in [-0.3, -0.25) is 14.5 Å². The van der Waals surface area contributed by atoms with Crippen LogP contribution in [0.5, 0.6) is 0 Å². The molecule has 0 bridgehead atoms. The third-order valence-corrected chi connectivity index (χ3v) is 4.97. The lowest BCUT2D eigenvalue weighted by Crippen LogP contribution is -2.24. The number of H-pyrrole nitrogens is 1. The Balaban J connectivity index is 1.86. The van der Waals surface area contributed by atoms with Crippen LogP contribution in [0.4, 0.5) is 5.69 Å². The Hall–Kier alpha value is -2.25. The number of hydrogen-bond acceptors (Lipinski definition) is 4. The molecule has 1 amide bonds. The molecule has 3 rings (SSSR count). The second kappa shape index (κ2) is 7.11. The number of hydrogen-bond donors (Lipinski definition) is 2. The number of benzene rings is 1. The van der Waals surface area contributed by atoms with E-state index in [0.717, 1.165) is 17.0 Å². The van der Waals surface area contributed by atoms with Crippen molar-refractivity contribution < 1.29 is 4.79 Å². The van der Waals surface area contributed by atoms with Crippen LogP contribution < -0.4 is 5.32 Å². The first kappa shape index (κ1) is 16.6. The first-order valence-electron chi connectivity index (χ1n) is 7.70. The molecule has 2 aromatic heterocycles. The van der Waals surface area contributed by atoms with Gasteiger partial charge in [-0.25, -0.2) is 0 Å². The van der Waals surface area contributed by atoms with Crippen molar-refractivity contribution in [2.75, 3.05) is 5.32 Å². The molecule has 3 aromatic rings. The van der Waals surface area contributed by atoms with Crippen LogP contribution in [0.15, 0.2) is 41.8 Å². The molecule has 24 heavy (non-hydrogen) atoms. The summed E-state index contributed by atoms with van der Waals surface area (Å²) in [6, 6.07) is 11.3. The molecular weight excluding hydrogens is 340 g/mol. The van der Waals surface area contributed by atoms with Crippen LogP contribution in [-0.4, -0.2) is 20.7 Å². The van der Waals surface area contributed by atoms with Crippen molar-refractivity contribution in [3.05, 3.63) is 52.1 Å². The van der Waals surface area contributed by atoms with Crippen molar-refractivity contribution in [1.29, 1.82) is 0 Å². The number of carbonyl (C=O) groups excluding carboxylic acids is 1. The van der Waals surface area contributed by atoms with Crippen LogP contribution in [0.1, 0.15) is 25.5 Å². The summed E-state index contributed by atoms with van der Waals surface area (Å²) in [6.07, 6.45) is 0.925. The van der Waals surface area contributed by atoms with Crippen LogP contribution in [0.3, 0.4) is 0 Å². The quantitative estimate of drug-likeness (QED) is 0.663. The Labute approximate surface area is 149 Å². The van der Waals surface area contributed by atoms with Crippen LogP contribution >= 0.6 is 23.6 Å². The fraction of sp³-hybridized carbons (Fsp3) is 0.235. The van der Waals surface area contributed by atoms with E-state index in [-0.39, 0.29) is 5.91 Å². The molecule has 0 aliphatic heterocycles. The lowest BCUT2D eigenvalue weighted by Gasteiger charge is -2.15. The molecule has 1 aromatic carbocycles. The molecule has 0 aliphatic rings. The summed E-state index contributed by atoms with van der Waals surface area (Å²) in [5.41, 5.74) is 1.97. The molecule has 7 heteroatoms. The van der Waals surface area contributed by atoms with Crippen molar-refractivity contribution in [1.82, 2.24) is 14.8 Å². The van der Waals surface area contributed by atoms with Gasteiger partial charge in [0.1, 0.15) is 6.04 Å². The van der Waals surface area contributed by atoms with Crippen LogP contribution in [0.25, 0.3) is 10.7 Å². The first-order chi connectivity index (χ1) is 11.6. The van der Waals surface area contributed by atoms with E-state index in [2.05, 4.69) is 22.4 Å². The molecule has 2 heterocycles. The van der Waals surface area contributed by atoms with Gasteiger partial charge in [0.05, 0.1) is 4.88 Å². The summed E-state index contributed by atoms with van der Waals surface area (Å²) in [5, 5.41) is 12.0. The highest BCUT2D eigenvalue weighted by Crippen LogP contribution is 2.26. The molecular formula is C17H18N4OS2. The van der Waals surface area contributed by atoms with E-state index in [1.165, 1.54) is 5.56 Å². The van der Waals surface area contributed by atoms with E-state index >= 15 is 0 Å². The van der Waals surface area contributed by atoms with Crippen molar-refractivity contribution >= 4 is 35.1 Å². The smallest absolute Gasteiger partial charge is 0.247 e. The maximum absolute atomic E-state index is 12.7. The summed E-state index contributed by atoms with van der Waals surface area (Å²) < 4.78 is 2.18. The van der Waals surface area contributed by atoms with Crippen molar-refractivity contribution in [3.63, 3.8) is 0 Å². The summed E-state index contributed by atoms with van der Waals surface area (Å²) in [4.78, 5) is 13.6. The molecule has 2 N–H and O–H groups in total. The number of aryl methyl sites for hydroxylation is 1. The minimum Gasteiger partial charge on any atom is -0.324 e. The Bertz CT molecular complexity index is 895. The Morgan fingerprint density at radius 2 is 2.25 bits per heavy atom. The van der Waals surface area contributed by atoms with Gasteiger partial charge in [0.2, 0.25) is 5.91 Å². The third kappa shape index (κ3) is 3.32. The number of nitrogens with zero attached hydrogens (tertiary/aromatic N) is 2.